The minimum Gasteiger partial charge on any atom is -0.330 e. The highest BCUT2D eigenvalue weighted by Gasteiger charge is 2.38. The zero-order valence-electron chi connectivity index (χ0n) is 9.22. The molecule has 1 nitrogen and oxygen atoms in total. The molecule has 0 heterocycles. The van der Waals surface area contributed by atoms with Crippen LogP contribution in [0.5, 0.6) is 0 Å². The topological polar surface area (TPSA) is 26.0 Å². The molecule has 2 N–H and O–H groups in total. The maximum Gasteiger partial charge on any atom is 0.0178 e. The van der Waals surface area contributed by atoms with Crippen molar-refractivity contribution in [3.8, 4) is 0 Å². The first-order chi connectivity index (χ1) is 7.18. The lowest BCUT2D eigenvalue weighted by atomic mass is 9.61. The Balaban J connectivity index is 2.37. The van der Waals surface area contributed by atoms with E-state index in [2.05, 4.69) is 41.1 Å². The molecule has 0 amide bonds. The molecule has 0 aromatic heterocycles. The van der Waals surface area contributed by atoms with E-state index in [1.807, 2.05) is 0 Å². The highest BCUT2D eigenvalue weighted by molar-refractivity contribution is 9.10. The maximum absolute atomic E-state index is 5.74. The minimum atomic E-state index is 0.391. The summed E-state index contributed by atoms with van der Waals surface area (Å²) in [6.07, 6.45) is 5.10. The van der Waals surface area contributed by atoms with Gasteiger partial charge in [-0.2, -0.15) is 0 Å². The summed E-state index contributed by atoms with van der Waals surface area (Å²) in [5.41, 5.74) is 9.05. The van der Waals surface area contributed by atoms with E-state index in [1.165, 1.54) is 34.9 Å². The Morgan fingerprint density at radius 3 is 2.67 bits per heavy atom. The molecule has 0 saturated heterocycles. The molecule has 15 heavy (non-hydrogen) atoms. The monoisotopic (exact) mass is 267 g/mol. The molecule has 1 aromatic rings. The standard InChI is InChI=1S/C13H18BrN/c1-10-3-4-11(14)9-12(10)13(7-8-15)5-2-6-13/h3-4,9H,2,5-8,15H2,1H3. The van der Waals surface area contributed by atoms with Crippen LogP contribution < -0.4 is 5.73 Å². The molecule has 0 radical (unpaired) electrons. The fourth-order valence-electron chi connectivity index (χ4n) is 2.70. The number of halogens is 1. The van der Waals surface area contributed by atoms with E-state index in [-0.39, 0.29) is 0 Å². The van der Waals surface area contributed by atoms with Crippen molar-refractivity contribution in [3.63, 3.8) is 0 Å². The van der Waals surface area contributed by atoms with Crippen LogP contribution in [0, 0.1) is 6.92 Å². The first kappa shape index (κ1) is 11.2. The van der Waals surface area contributed by atoms with Gasteiger partial charge in [0.1, 0.15) is 0 Å². The third kappa shape index (κ3) is 1.98. The zero-order chi connectivity index (χ0) is 10.9. The van der Waals surface area contributed by atoms with Gasteiger partial charge in [-0.25, -0.2) is 0 Å². The van der Waals surface area contributed by atoms with Gasteiger partial charge in [-0.3, -0.25) is 0 Å². The number of hydrogen-bond acceptors (Lipinski definition) is 1. The molecule has 0 spiro atoms. The number of aryl methyl sites for hydroxylation is 1. The summed E-state index contributed by atoms with van der Waals surface area (Å²) in [6.45, 7) is 3.00. The van der Waals surface area contributed by atoms with E-state index in [9.17, 15) is 0 Å². The summed E-state index contributed by atoms with van der Waals surface area (Å²) in [5, 5.41) is 0. The zero-order valence-corrected chi connectivity index (χ0v) is 10.8. The Labute approximate surface area is 100 Å². The summed E-state index contributed by atoms with van der Waals surface area (Å²) in [4.78, 5) is 0. The van der Waals surface area contributed by atoms with Crippen LogP contribution in [-0.4, -0.2) is 6.54 Å². The molecule has 1 fully saturated rings. The smallest absolute Gasteiger partial charge is 0.0178 e. The van der Waals surface area contributed by atoms with Gasteiger partial charge >= 0.3 is 0 Å². The first-order valence-corrected chi connectivity index (χ1v) is 6.44. The fraction of sp³-hybridized carbons (Fsp3) is 0.538. The lowest BCUT2D eigenvalue weighted by Crippen LogP contribution is -2.37. The highest BCUT2D eigenvalue weighted by Crippen LogP contribution is 2.47. The van der Waals surface area contributed by atoms with Gasteiger partial charge in [0.15, 0.2) is 0 Å². The predicted octanol–water partition coefficient (Wildman–Crippen LogP) is 3.53. The van der Waals surface area contributed by atoms with E-state index < -0.39 is 0 Å². The number of rotatable bonds is 3. The summed E-state index contributed by atoms with van der Waals surface area (Å²) in [7, 11) is 0. The van der Waals surface area contributed by atoms with E-state index in [0.717, 1.165) is 13.0 Å². The van der Waals surface area contributed by atoms with E-state index in [4.69, 9.17) is 5.73 Å². The van der Waals surface area contributed by atoms with Crippen LogP contribution in [0.4, 0.5) is 0 Å². The van der Waals surface area contributed by atoms with Crippen molar-refractivity contribution in [1.82, 2.24) is 0 Å². The Morgan fingerprint density at radius 1 is 1.40 bits per heavy atom. The van der Waals surface area contributed by atoms with E-state index in [0.29, 0.717) is 5.41 Å². The van der Waals surface area contributed by atoms with Crippen molar-refractivity contribution in [2.75, 3.05) is 6.54 Å². The van der Waals surface area contributed by atoms with Crippen molar-refractivity contribution in [2.45, 2.75) is 38.0 Å². The maximum atomic E-state index is 5.74. The van der Waals surface area contributed by atoms with Crippen LogP contribution in [0.15, 0.2) is 22.7 Å². The van der Waals surface area contributed by atoms with Crippen molar-refractivity contribution in [1.29, 1.82) is 0 Å². The van der Waals surface area contributed by atoms with Crippen LogP contribution in [0.25, 0.3) is 0 Å². The Kier molecular flexibility index (Phi) is 3.17. The van der Waals surface area contributed by atoms with Gasteiger partial charge < -0.3 is 5.73 Å². The molecule has 1 aliphatic rings. The molecule has 1 saturated carbocycles. The van der Waals surface area contributed by atoms with Gasteiger partial charge in [0.25, 0.3) is 0 Å². The van der Waals surface area contributed by atoms with Gasteiger partial charge in [-0.05, 0) is 61.4 Å². The van der Waals surface area contributed by atoms with Gasteiger partial charge in [-0.1, -0.05) is 28.4 Å². The van der Waals surface area contributed by atoms with Crippen LogP contribution in [0.1, 0.15) is 36.8 Å². The molecule has 0 unspecified atom stereocenters. The van der Waals surface area contributed by atoms with Crippen LogP contribution in [0.3, 0.4) is 0 Å². The van der Waals surface area contributed by atoms with Crippen molar-refractivity contribution < 1.29 is 0 Å². The van der Waals surface area contributed by atoms with Gasteiger partial charge in [0, 0.05) is 4.47 Å². The fourth-order valence-corrected chi connectivity index (χ4v) is 3.06. The second-order valence-corrected chi connectivity index (χ2v) is 5.55. The van der Waals surface area contributed by atoms with Gasteiger partial charge in [0.05, 0.1) is 0 Å². The molecule has 2 heteroatoms. The van der Waals surface area contributed by atoms with E-state index in [1.54, 1.807) is 0 Å². The van der Waals surface area contributed by atoms with Gasteiger partial charge in [-0.15, -0.1) is 0 Å². The SMILES string of the molecule is Cc1ccc(Br)cc1C1(CCN)CCC1. The minimum absolute atomic E-state index is 0.391. The van der Waals surface area contributed by atoms with Crippen molar-refractivity contribution in [3.05, 3.63) is 33.8 Å². The molecule has 1 aliphatic carbocycles. The molecular weight excluding hydrogens is 250 g/mol. The first-order valence-electron chi connectivity index (χ1n) is 5.65. The van der Waals surface area contributed by atoms with Gasteiger partial charge in [0.2, 0.25) is 0 Å². The molecule has 0 atom stereocenters. The largest absolute Gasteiger partial charge is 0.330 e. The normalized spacial score (nSPS) is 18.6. The van der Waals surface area contributed by atoms with Crippen LogP contribution >= 0.6 is 15.9 Å². The molecular formula is C13H18BrN. The number of benzene rings is 1. The van der Waals surface area contributed by atoms with Crippen LogP contribution in [-0.2, 0) is 5.41 Å². The lowest BCUT2D eigenvalue weighted by molar-refractivity contribution is 0.228. The molecule has 1 aromatic carbocycles. The van der Waals surface area contributed by atoms with E-state index >= 15 is 0 Å². The molecule has 0 bridgehead atoms. The summed E-state index contributed by atoms with van der Waals surface area (Å²) < 4.78 is 1.19. The molecule has 2 rings (SSSR count). The van der Waals surface area contributed by atoms with Crippen LogP contribution in [0.2, 0.25) is 0 Å². The second kappa shape index (κ2) is 4.26. The van der Waals surface area contributed by atoms with Crippen molar-refractivity contribution in [2.24, 2.45) is 5.73 Å². The highest BCUT2D eigenvalue weighted by atomic mass is 79.9. The lowest BCUT2D eigenvalue weighted by Gasteiger charge is -2.43. The predicted molar refractivity (Wildman–Crippen MR) is 68.1 cm³/mol. The summed E-state index contributed by atoms with van der Waals surface area (Å²) in [5.74, 6) is 0. The third-order valence-corrected chi connectivity index (χ3v) is 4.20. The summed E-state index contributed by atoms with van der Waals surface area (Å²) in [6, 6.07) is 6.60. The number of nitrogens with two attached hydrogens (primary N) is 1. The van der Waals surface area contributed by atoms with Crippen molar-refractivity contribution >= 4 is 15.9 Å². The second-order valence-electron chi connectivity index (χ2n) is 4.63. The Morgan fingerprint density at radius 2 is 2.13 bits per heavy atom. The average Bonchev–Trinajstić information content (AvgIpc) is 2.16. The summed E-state index contributed by atoms with van der Waals surface area (Å²) >= 11 is 3.56. The molecule has 82 valence electrons. The Hall–Kier alpha value is -0.340. The Bertz CT molecular complexity index is 356. The average molecular weight is 268 g/mol. The third-order valence-electron chi connectivity index (χ3n) is 3.70. The number of hydrogen-bond donors (Lipinski definition) is 1. The quantitative estimate of drug-likeness (QED) is 0.891. The molecule has 0 aliphatic heterocycles.